The number of allylic oxidation sites excluding steroid dienone is 4. The van der Waals surface area contributed by atoms with Gasteiger partial charge in [-0.1, -0.05) is 71.8 Å². The number of aliphatic hydroxyl groups excluding tert-OH is 1. The first-order chi connectivity index (χ1) is 15.0. The smallest absolute Gasteiger partial charge is 0.0569 e. The van der Waals surface area contributed by atoms with Gasteiger partial charge in [0, 0.05) is 0 Å². The van der Waals surface area contributed by atoms with Gasteiger partial charge >= 0.3 is 0 Å². The zero-order valence-electron chi connectivity index (χ0n) is 22.5. The number of hydrogen-bond acceptors (Lipinski definition) is 1. The zero-order chi connectivity index (χ0) is 23.5. The first-order valence-corrected chi connectivity index (χ1v) is 14.0. The van der Waals surface area contributed by atoms with Crippen LogP contribution in [-0.2, 0) is 0 Å². The van der Waals surface area contributed by atoms with Crippen molar-refractivity contribution in [3.63, 3.8) is 0 Å². The Morgan fingerprint density at radius 1 is 1.06 bits per heavy atom. The molecule has 0 heterocycles. The molecule has 3 saturated carbocycles. The van der Waals surface area contributed by atoms with E-state index >= 15 is 0 Å². The highest BCUT2D eigenvalue weighted by molar-refractivity contribution is 5.32. The first-order valence-electron chi connectivity index (χ1n) is 14.0. The molecule has 9 atom stereocenters. The van der Waals surface area contributed by atoms with Crippen LogP contribution in [0.3, 0.4) is 0 Å². The highest BCUT2D eigenvalue weighted by Crippen LogP contribution is 2.72. The molecule has 0 bridgehead atoms. The van der Waals surface area contributed by atoms with Gasteiger partial charge in [0.15, 0.2) is 0 Å². The number of rotatable bonds is 5. The lowest BCUT2D eigenvalue weighted by molar-refractivity contribution is -0.0779. The van der Waals surface area contributed by atoms with Crippen LogP contribution in [0.4, 0.5) is 0 Å². The van der Waals surface area contributed by atoms with Crippen molar-refractivity contribution in [1.82, 2.24) is 0 Å². The van der Waals surface area contributed by atoms with Gasteiger partial charge in [-0.05, 0) is 116 Å². The minimum Gasteiger partial charge on any atom is -0.393 e. The SMILES string of the molecule is C/C=C(/CCC(C)C1CCC2(C)C3CCC4C(C)C(O)CCC4(C)C3=CCC12C)C(C)C. The molecule has 4 aliphatic rings. The van der Waals surface area contributed by atoms with Crippen molar-refractivity contribution in [2.75, 3.05) is 0 Å². The molecule has 4 aliphatic carbocycles. The maximum Gasteiger partial charge on any atom is 0.0569 e. The van der Waals surface area contributed by atoms with Gasteiger partial charge in [0.05, 0.1) is 6.10 Å². The van der Waals surface area contributed by atoms with E-state index < -0.39 is 0 Å². The second kappa shape index (κ2) is 8.58. The minimum absolute atomic E-state index is 0.0840. The van der Waals surface area contributed by atoms with Crippen LogP contribution in [0.1, 0.15) is 113 Å². The van der Waals surface area contributed by atoms with Crippen LogP contribution in [0, 0.1) is 51.8 Å². The van der Waals surface area contributed by atoms with Crippen LogP contribution in [-0.4, -0.2) is 11.2 Å². The van der Waals surface area contributed by atoms with Crippen molar-refractivity contribution in [3.8, 4) is 0 Å². The van der Waals surface area contributed by atoms with E-state index in [2.05, 4.69) is 67.5 Å². The fourth-order valence-corrected chi connectivity index (χ4v) is 9.66. The van der Waals surface area contributed by atoms with Crippen LogP contribution >= 0.6 is 0 Å². The molecule has 9 unspecified atom stereocenters. The molecule has 0 aromatic heterocycles. The Hall–Kier alpha value is -0.560. The molecule has 1 heteroatoms. The van der Waals surface area contributed by atoms with Crippen LogP contribution in [0.5, 0.6) is 0 Å². The Morgan fingerprint density at radius 3 is 2.44 bits per heavy atom. The molecule has 32 heavy (non-hydrogen) atoms. The van der Waals surface area contributed by atoms with Crippen molar-refractivity contribution in [1.29, 1.82) is 0 Å². The molecular weight excluding hydrogens is 388 g/mol. The monoisotopic (exact) mass is 440 g/mol. The summed E-state index contributed by atoms with van der Waals surface area (Å²) in [6.45, 7) is 19.8. The van der Waals surface area contributed by atoms with E-state index in [0.717, 1.165) is 24.2 Å². The molecule has 0 aromatic carbocycles. The number of aliphatic hydroxyl groups is 1. The summed E-state index contributed by atoms with van der Waals surface area (Å²) in [6, 6.07) is 0. The van der Waals surface area contributed by atoms with Crippen molar-refractivity contribution in [2.24, 2.45) is 51.8 Å². The maximum absolute atomic E-state index is 10.6. The molecule has 0 amide bonds. The molecule has 0 spiro atoms. The maximum atomic E-state index is 10.6. The average Bonchev–Trinajstić information content (AvgIpc) is 3.02. The third-order valence-corrected chi connectivity index (χ3v) is 12.1. The fraction of sp³-hybridized carbons (Fsp3) is 0.871. The minimum atomic E-state index is -0.0840. The predicted octanol–water partition coefficient (Wildman–Crippen LogP) is 8.58. The second-order valence-corrected chi connectivity index (χ2v) is 13.5. The molecule has 1 nitrogen and oxygen atoms in total. The van der Waals surface area contributed by atoms with Gasteiger partial charge in [-0.15, -0.1) is 0 Å². The van der Waals surface area contributed by atoms with Crippen molar-refractivity contribution in [3.05, 3.63) is 23.3 Å². The normalized spacial score (nSPS) is 47.5. The Bertz CT molecular complexity index is 760. The van der Waals surface area contributed by atoms with E-state index in [1.165, 1.54) is 51.4 Å². The summed E-state index contributed by atoms with van der Waals surface area (Å²) in [5.41, 5.74) is 4.68. The van der Waals surface area contributed by atoms with Crippen LogP contribution in [0.15, 0.2) is 23.3 Å². The van der Waals surface area contributed by atoms with E-state index in [9.17, 15) is 5.11 Å². The molecule has 0 aliphatic heterocycles. The molecular formula is C31H52O. The van der Waals surface area contributed by atoms with Gasteiger partial charge in [0.1, 0.15) is 0 Å². The van der Waals surface area contributed by atoms with Crippen molar-refractivity contribution in [2.45, 2.75) is 119 Å². The van der Waals surface area contributed by atoms with Gasteiger partial charge in [-0.25, -0.2) is 0 Å². The highest BCUT2D eigenvalue weighted by Gasteiger charge is 2.64. The lowest BCUT2D eigenvalue weighted by atomic mass is 9.43. The third-order valence-electron chi connectivity index (χ3n) is 12.1. The van der Waals surface area contributed by atoms with Gasteiger partial charge < -0.3 is 5.11 Å². The van der Waals surface area contributed by atoms with Gasteiger partial charge in [-0.2, -0.15) is 0 Å². The lowest BCUT2D eigenvalue weighted by Crippen LogP contribution is -2.55. The number of fused-ring (bicyclic) bond motifs is 5. The standard InChI is InChI=1S/C31H52O/c1-9-23(20(2)3)11-10-21(4)24-14-18-31(8)27-13-12-25-22(5)28(32)16-17-29(25,6)26(27)15-19-30(24,31)7/h9,15,20-22,24-25,27-28,32H,10-14,16-19H2,1-8H3/b23-9-. The Labute approximate surface area is 199 Å². The summed E-state index contributed by atoms with van der Waals surface area (Å²) in [4.78, 5) is 0. The molecule has 3 fully saturated rings. The topological polar surface area (TPSA) is 20.2 Å². The molecule has 1 N–H and O–H groups in total. The molecule has 0 aromatic rings. The van der Waals surface area contributed by atoms with Gasteiger partial charge in [0.25, 0.3) is 0 Å². The Balaban J connectivity index is 1.58. The first kappa shape index (κ1) is 24.6. The Morgan fingerprint density at radius 2 is 1.78 bits per heavy atom. The molecule has 0 saturated heterocycles. The van der Waals surface area contributed by atoms with Crippen molar-refractivity contribution >= 4 is 0 Å². The van der Waals surface area contributed by atoms with E-state index in [4.69, 9.17) is 0 Å². The summed E-state index contributed by atoms with van der Waals surface area (Å²) >= 11 is 0. The lowest BCUT2D eigenvalue weighted by Gasteiger charge is -2.62. The van der Waals surface area contributed by atoms with Crippen LogP contribution in [0.25, 0.3) is 0 Å². The van der Waals surface area contributed by atoms with E-state index in [-0.39, 0.29) is 6.10 Å². The third kappa shape index (κ3) is 3.50. The molecule has 4 rings (SSSR count). The predicted molar refractivity (Wildman–Crippen MR) is 137 cm³/mol. The van der Waals surface area contributed by atoms with E-state index in [1.54, 1.807) is 5.57 Å². The Kier molecular flexibility index (Phi) is 6.59. The van der Waals surface area contributed by atoms with Gasteiger partial charge in [-0.3, -0.25) is 0 Å². The van der Waals surface area contributed by atoms with Crippen molar-refractivity contribution < 1.29 is 5.11 Å². The number of hydrogen-bond donors (Lipinski definition) is 1. The van der Waals surface area contributed by atoms with Crippen LogP contribution < -0.4 is 0 Å². The quantitative estimate of drug-likeness (QED) is 0.424. The summed E-state index contributed by atoms with van der Waals surface area (Å²) in [5.74, 6) is 4.24. The summed E-state index contributed by atoms with van der Waals surface area (Å²) in [7, 11) is 0. The van der Waals surface area contributed by atoms with Crippen LogP contribution in [0.2, 0.25) is 0 Å². The van der Waals surface area contributed by atoms with E-state index in [1.807, 2.05) is 5.57 Å². The highest BCUT2D eigenvalue weighted by atomic mass is 16.3. The van der Waals surface area contributed by atoms with E-state index in [0.29, 0.717) is 34.0 Å². The molecule has 182 valence electrons. The summed E-state index contributed by atoms with van der Waals surface area (Å²) in [5, 5.41) is 10.6. The summed E-state index contributed by atoms with van der Waals surface area (Å²) < 4.78 is 0. The van der Waals surface area contributed by atoms with Gasteiger partial charge in [0.2, 0.25) is 0 Å². The molecule has 0 radical (unpaired) electrons. The zero-order valence-corrected chi connectivity index (χ0v) is 22.5. The largest absolute Gasteiger partial charge is 0.393 e. The fourth-order valence-electron chi connectivity index (χ4n) is 9.66. The average molecular weight is 441 g/mol. The second-order valence-electron chi connectivity index (χ2n) is 13.5. The summed E-state index contributed by atoms with van der Waals surface area (Å²) in [6.07, 6.45) is 16.7.